The number of aromatic nitrogens is 2. The minimum atomic E-state index is -1.03. The summed E-state index contributed by atoms with van der Waals surface area (Å²) >= 11 is 0. The Kier molecular flexibility index (Phi) is 3.55. The van der Waals surface area contributed by atoms with Crippen molar-refractivity contribution in [2.75, 3.05) is 7.11 Å². The molecule has 5 heteroatoms. The van der Waals surface area contributed by atoms with E-state index in [2.05, 4.69) is 5.10 Å². The van der Waals surface area contributed by atoms with Gasteiger partial charge in [-0.1, -0.05) is 12.1 Å². The predicted molar refractivity (Wildman–Crippen MR) is 71.6 cm³/mol. The highest BCUT2D eigenvalue weighted by Crippen LogP contribution is 2.27. The van der Waals surface area contributed by atoms with Crippen molar-refractivity contribution in [1.82, 2.24) is 9.78 Å². The van der Waals surface area contributed by atoms with Crippen LogP contribution in [0.15, 0.2) is 30.5 Å². The van der Waals surface area contributed by atoms with Crippen LogP contribution in [0.2, 0.25) is 0 Å². The van der Waals surface area contributed by atoms with Gasteiger partial charge in [-0.05, 0) is 31.5 Å². The number of carboxylic acids is 1. The molecule has 0 saturated carbocycles. The zero-order valence-corrected chi connectivity index (χ0v) is 11.1. The molecule has 0 aliphatic carbocycles. The van der Waals surface area contributed by atoms with E-state index in [1.54, 1.807) is 24.1 Å². The van der Waals surface area contributed by atoms with Gasteiger partial charge in [0.05, 0.1) is 7.11 Å². The van der Waals surface area contributed by atoms with Gasteiger partial charge in [-0.15, -0.1) is 0 Å². The van der Waals surface area contributed by atoms with Crippen molar-refractivity contribution in [3.8, 4) is 16.9 Å². The number of hydrogen-bond acceptors (Lipinski definition) is 3. The van der Waals surface area contributed by atoms with Gasteiger partial charge in [-0.2, -0.15) is 5.10 Å². The van der Waals surface area contributed by atoms with Crippen molar-refractivity contribution in [2.24, 2.45) is 0 Å². The van der Waals surface area contributed by atoms with Crippen molar-refractivity contribution >= 4 is 5.97 Å². The first kappa shape index (κ1) is 13.1. The van der Waals surface area contributed by atoms with E-state index in [0.717, 1.165) is 5.56 Å². The monoisotopic (exact) mass is 260 g/mol. The van der Waals surface area contributed by atoms with E-state index in [1.165, 1.54) is 0 Å². The Morgan fingerprint density at radius 1 is 1.42 bits per heavy atom. The molecule has 0 saturated heterocycles. The first-order valence-corrected chi connectivity index (χ1v) is 5.99. The third-order valence-electron chi connectivity index (χ3n) is 2.84. The van der Waals surface area contributed by atoms with E-state index < -0.39 is 5.97 Å². The summed E-state index contributed by atoms with van der Waals surface area (Å²) in [6, 6.07) is 7.39. The molecule has 0 bridgehead atoms. The molecule has 1 aromatic carbocycles. The molecule has 19 heavy (non-hydrogen) atoms. The summed E-state index contributed by atoms with van der Waals surface area (Å²) in [5.74, 6) is -0.344. The second kappa shape index (κ2) is 5.14. The Balaban J connectivity index is 2.56. The van der Waals surface area contributed by atoms with Crippen molar-refractivity contribution in [1.29, 1.82) is 0 Å². The normalized spacial score (nSPS) is 10.7. The zero-order chi connectivity index (χ0) is 14.0. The minimum absolute atomic E-state index is 0.0574. The number of carbonyl (C=O) groups is 1. The molecule has 5 nitrogen and oxygen atoms in total. The van der Waals surface area contributed by atoms with E-state index in [9.17, 15) is 9.90 Å². The molecule has 0 radical (unpaired) electrons. The van der Waals surface area contributed by atoms with Gasteiger partial charge < -0.3 is 9.84 Å². The molecule has 0 fully saturated rings. The number of benzene rings is 1. The lowest BCUT2D eigenvalue weighted by atomic mass is 10.1. The van der Waals surface area contributed by atoms with Crippen LogP contribution in [0.1, 0.15) is 30.4 Å². The fourth-order valence-corrected chi connectivity index (χ4v) is 1.82. The van der Waals surface area contributed by atoms with E-state index in [1.807, 2.05) is 32.0 Å². The zero-order valence-electron chi connectivity index (χ0n) is 11.1. The topological polar surface area (TPSA) is 64.4 Å². The van der Waals surface area contributed by atoms with Gasteiger partial charge in [0.25, 0.3) is 0 Å². The Morgan fingerprint density at radius 2 is 2.16 bits per heavy atom. The van der Waals surface area contributed by atoms with Crippen molar-refractivity contribution < 1.29 is 14.6 Å². The highest BCUT2D eigenvalue weighted by Gasteiger charge is 2.18. The van der Waals surface area contributed by atoms with Gasteiger partial charge in [-0.3, -0.25) is 4.68 Å². The molecule has 0 unspecified atom stereocenters. The lowest BCUT2D eigenvalue weighted by Gasteiger charge is -2.04. The van der Waals surface area contributed by atoms with Gasteiger partial charge >= 0.3 is 5.97 Å². The van der Waals surface area contributed by atoms with Crippen LogP contribution in [0.25, 0.3) is 11.1 Å². The second-order valence-corrected chi connectivity index (χ2v) is 4.50. The number of rotatable bonds is 4. The quantitative estimate of drug-likeness (QED) is 0.918. The lowest BCUT2D eigenvalue weighted by molar-refractivity contribution is 0.0690. The Morgan fingerprint density at radius 3 is 2.74 bits per heavy atom. The van der Waals surface area contributed by atoms with Crippen LogP contribution >= 0.6 is 0 Å². The molecular formula is C14H16N2O3. The van der Waals surface area contributed by atoms with Gasteiger partial charge in [0.1, 0.15) is 5.75 Å². The maximum absolute atomic E-state index is 11.3. The molecule has 1 heterocycles. The number of carboxylic acid groups (broad SMARTS) is 1. The molecule has 0 amide bonds. The largest absolute Gasteiger partial charge is 0.497 e. The summed E-state index contributed by atoms with van der Waals surface area (Å²) in [5.41, 5.74) is 1.44. The summed E-state index contributed by atoms with van der Waals surface area (Å²) in [5, 5.41) is 13.4. The van der Waals surface area contributed by atoms with Crippen molar-refractivity contribution in [3.05, 3.63) is 36.2 Å². The molecule has 0 aliphatic heterocycles. The summed E-state index contributed by atoms with van der Waals surface area (Å²) in [6.45, 7) is 3.90. The number of hydrogen-bond donors (Lipinski definition) is 1. The van der Waals surface area contributed by atoms with Crippen LogP contribution in [0, 0.1) is 0 Å². The summed E-state index contributed by atoms with van der Waals surface area (Å²) in [7, 11) is 1.58. The van der Waals surface area contributed by atoms with Crippen LogP contribution in [0.3, 0.4) is 0 Å². The highest BCUT2D eigenvalue weighted by atomic mass is 16.5. The SMILES string of the molecule is COc1cccc(-c2cn(C(C)C)nc2C(=O)O)c1. The van der Waals surface area contributed by atoms with Gasteiger partial charge in [-0.25, -0.2) is 4.79 Å². The molecule has 2 rings (SSSR count). The minimum Gasteiger partial charge on any atom is -0.497 e. The second-order valence-electron chi connectivity index (χ2n) is 4.50. The average Bonchev–Trinajstić information content (AvgIpc) is 2.84. The van der Waals surface area contributed by atoms with E-state index in [0.29, 0.717) is 11.3 Å². The molecule has 2 aromatic rings. The fourth-order valence-electron chi connectivity index (χ4n) is 1.82. The van der Waals surface area contributed by atoms with E-state index >= 15 is 0 Å². The van der Waals surface area contributed by atoms with Crippen LogP contribution in [0.5, 0.6) is 5.75 Å². The lowest BCUT2D eigenvalue weighted by Crippen LogP contribution is -2.04. The summed E-state index contributed by atoms with van der Waals surface area (Å²) in [6.07, 6.45) is 1.75. The van der Waals surface area contributed by atoms with E-state index in [-0.39, 0.29) is 11.7 Å². The third-order valence-corrected chi connectivity index (χ3v) is 2.84. The molecule has 0 spiro atoms. The van der Waals surface area contributed by atoms with Crippen molar-refractivity contribution in [2.45, 2.75) is 19.9 Å². The first-order valence-electron chi connectivity index (χ1n) is 5.99. The average molecular weight is 260 g/mol. The molecule has 1 aromatic heterocycles. The van der Waals surface area contributed by atoms with Gasteiger partial charge in [0.15, 0.2) is 5.69 Å². The van der Waals surface area contributed by atoms with Crippen LogP contribution < -0.4 is 4.74 Å². The van der Waals surface area contributed by atoms with Crippen LogP contribution in [0.4, 0.5) is 0 Å². The Bertz CT molecular complexity index is 602. The van der Waals surface area contributed by atoms with Crippen LogP contribution in [-0.4, -0.2) is 28.0 Å². The number of ether oxygens (including phenoxy) is 1. The number of nitrogens with zero attached hydrogens (tertiary/aromatic N) is 2. The van der Waals surface area contributed by atoms with E-state index in [4.69, 9.17) is 4.74 Å². The number of aromatic carboxylic acids is 1. The Hall–Kier alpha value is -2.30. The molecule has 100 valence electrons. The van der Waals surface area contributed by atoms with Crippen LogP contribution in [-0.2, 0) is 0 Å². The Labute approximate surface area is 111 Å². The predicted octanol–water partition coefficient (Wildman–Crippen LogP) is 2.84. The molecule has 0 aliphatic rings. The maximum atomic E-state index is 11.3. The standard InChI is InChI=1S/C14H16N2O3/c1-9(2)16-8-12(13(15-16)14(17)18)10-5-4-6-11(7-10)19-3/h4-9H,1-3H3,(H,17,18). The smallest absolute Gasteiger partial charge is 0.357 e. The summed E-state index contributed by atoms with van der Waals surface area (Å²) < 4.78 is 6.81. The summed E-state index contributed by atoms with van der Waals surface area (Å²) in [4.78, 5) is 11.3. The molecule has 1 N–H and O–H groups in total. The van der Waals surface area contributed by atoms with Gasteiger partial charge in [0.2, 0.25) is 0 Å². The van der Waals surface area contributed by atoms with Crippen molar-refractivity contribution in [3.63, 3.8) is 0 Å². The van der Waals surface area contributed by atoms with Gasteiger partial charge in [0, 0.05) is 17.8 Å². The number of methoxy groups -OCH3 is 1. The fraction of sp³-hybridized carbons (Fsp3) is 0.286. The molecule has 0 atom stereocenters. The maximum Gasteiger partial charge on any atom is 0.357 e. The third kappa shape index (κ3) is 2.59. The first-order chi connectivity index (χ1) is 9.02. The highest BCUT2D eigenvalue weighted by molar-refractivity contribution is 5.93. The molecular weight excluding hydrogens is 244 g/mol.